The second-order valence-corrected chi connectivity index (χ2v) is 34.0. The second-order valence-electron chi connectivity index (χ2n) is 32.6. The highest BCUT2D eigenvalue weighted by Gasteiger charge is 2.49. The average molecular weight is 1700 g/mol. The number of primary amides is 2. The minimum Gasteiger partial charge on any atom is -0.462 e. The Kier molecular flexibility index (Phi) is 72.6. The van der Waals surface area contributed by atoms with Gasteiger partial charge in [-0.05, 0) is 117 Å². The number of likely N-dealkylation sites (N-methyl/N-ethyl adjacent to an activating group) is 2. The van der Waals surface area contributed by atoms with Crippen LogP contribution in [0.3, 0.4) is 0 Å². The molecule has 7 amide bonds. The van der Waals surface area contributed by atoms with Crippen LogP contribution in [0.15, 0.2) is 0 Å². The van der Waals surface area contributed by atoms with E-state index in [9.17, 15) is 67.0 Å². The SMILES string of the molecule is CCCC(=O)NCCCCC(NC(=O)CCCC(=O)CCNCCCCC(C)C(N)=O)C(=O)NC.CCCCCCCCCCCCCCCCCC(=O)OC[C@H](COP(=O)(O)OCCNC(=O)CNC(=O)CC)OC(=O)C(C)CCCCCCCCCCCCCCC.CCCCC[C@H](NC1(C(C)=O)CC1)C(N)=O.CNC1(C(C)=O)CC1. The summed E-state index contributed by atoms with van der Waals surface area (Å²) in [5.74, 6) is -2.75. The first-order valence-electron chi connectivity index (χ1n) is 46.1. The molecule has 6 atom stereocenters. The Morgan fingerprint density at radius 1 is 0.432 bits per heavy atom. The van der Waals surface area contributed by atoms with Gasteiger partial charge in [0.2, 0.25) is 41.4 Å². The highest BCUT2D eigenvalue weighted by atomic mass is 31.2. The van der Waals surface area contributed by atoms with Crippen LogP contribution in [0.2, 0.25) is 0 Å². The molecule has 0 radical (unpaired) electrons. The van der Waals surface area contributed by atoms with Crippen molar-refractivity contribution in [3.8, 4) is 0 Å². The van der Waals surface area contributed by atoms with Crippen molar-refractivity contribution in [3.05, 3.63) is 0 Å². The molecule has 2 rings (SSSR count). The molecule has 0 bridgehead atoms. The van der Waals surface area contributed by atoms with E-state index in [1.54, 1.807) is 27.7 Å². The lowest BCUT2D eigenvalue weighted by Crippen LogP contribution is -2.50. The van der Waals surface area contributed by atoms with Crippen molar-refractivity contribution in [2.75, 3.05) is 66.6 Å². The molecule has 4 unspecified atom stereocenters. The van der Waals surface area contributed by atoms with Crippen LogP contribution in [0.25, 0.3) is 0 Å². The van der Waals surface area contributed by atoms with Crippen LogP contribution in [-0.4, -0.2) is 171 Å². The first kappa shape index (κ1) is 114. The number of hydrogen-bond donors (Lipinski definition) is 11. The maximum Gasteiger partial charge on any atom is 0.472 e. The van der Waals surface area contributed by atoms with Gasteiger partial charge in [-0.25, -0.2) is 4.57 Å². The molecule has 0 aliphatic heterocycles. The monoisotopic (exact) mass is 1700 g/mol. The lowest BCUT2D eigenvalue weighted by atomic mass is 10.0. The Bertz CT molecular complexity index is 2760. The molecule has 29 heteroatoms. The molecule has 0 aromatic heterocycles. The Balaban J connectivity index is 0. The van der Waals surface area contributed by atoms with E-state index < -0.39 is 55.9 Å². The van der Waals surface area contributed by atoms with Crippen molar-refractivity contribution < 1.29 is 85.5 Å². The van der Waals surface area contributed by atoms with Crippen molar-refractivity contribution in [1.29, 1.82) is 0 Å². The van der Waals surface area contributed by atoms with Crippen LogP contribution < -0.4 is 54.0 Å². The van der Waals surface area contributed by atoms with Crippen LogP contribution in [0.5, 0.6) is 0 Å². The van der Waals surface area contributed by atoms with Gasteiger partial charge in [-0.3, -0.25) is 71.9 Å². The quantitative estimate of drug-likeness (QED) is 0.0153. The van der Waals surface area contributed by atoms with Crippen molar-refractivity contribution in [2.45, 2.75) is 419 Å². The Hall–Kier alpha value is -5.77. The Labute approximate surface area is 712 Å². The fourth-order valence-electron chi connectivity index (χ4n) is 13.2. The minimum atomic E-state index is -4.60. The molecule has 0 aromatic carbocycles. The molecule has 0 heterocycles. The smallest absolute Gasteiger partial charge is 0.462 e. The number of carbonyl (C=O) groups excluding carboxylic acids is 12. The van der Waals surface area contributed by atoms with Crippen molar-refractivity contribution in [2.24, 2.45) is 23.3 Å². The number of nitrogens with one attached hydrogen (secondary N) is 8. The van der Waals surface area contributed by atoms with Gasteiger partial charge in [0.1, 0.15) is 30.0 Å². The van der Waals surface area contributed by atoms with Gasteiger partial charge >= 0.3 is 19.8 Å². The molecule has 2 saturated carbocycles. The Morgan fingerprint density at radius 2 is 0.898 bits per heavy atom. The molecule has 2 aliphatic rings. The summed E-state index contributed by atoms with van der Waals surface area (Å²) in [7, 11) is -1.23. The lowest BCUT2D eigenvalue weighted by Gasteiger charge is -2.21. The van der Waals surface area contributed by atoms with E-state index in [1.165, 1.54) is 142 Å². The van der Waals surface area contributed by atoms with Crippen LogP contribution >= 0.6 is 7.82 Å². The number of hydrogen-bond acceptors (Lipinski definition) is 20. The fourth-order valence-corrected chi connectivity index (χ4v) is 13.9. The molecule has 118 heavy (non-hydrogen) atoms. The number of ether oxygens (including phenoxy) is 2. The molecule has 0 aromatic rings. The van der Waals surface area contributed by atoms with Gasteiger partial charge in [-0.2, -0.15) is 0 Å². The Morgan fingerprint density at radius 3 is 1.37 bits per heavy atom. The number of nitrogens with two attached hydrogens (primary N) is 2. The van der Waals surface area contributed by atoms with Gasteiger partial charge in [-0.15, -0.1) is 0 Å². The van der Waals surface area contributed by atoms with Crippen LogP contribution in [0.4, 0.5) is 0 Å². The molecule has 28 nitrogen and oxygen atoms in total. The van der Waals surface area contributed by atoms with Crippen LogP contribution in [-0.2, 0) is 80.6 Å². The van der Waals surface area contributed by atoms with E-state index in [0.29, 0.717) is 64.5 Å². The van der Waals surface area contributed by atoms with E-state index in [-0.39, 0.29) is 116 Å². The topological polar surface area (TPSA) is 427 Å². The third kappa shape index (κ3) is 66.9. The second kappa shape index (κ2) is 75.0. The fraction of sp³-hybridized carbons (Fsp3) is 0.865. The largest absolute Gasteiger partial charge is 0.472 e. The summed E-state index contributed by atoms with van der Waals surface area (Å²) in [4.78, 5) is 151. The van der Waals surface area contributed by atoms with Crippen molar-refractivity contribution in [3.63, 3.8) is 0 Å². The van der Waals surface area contributed by atoms with E-state index in [0.717, 1.165) is 129 Å². The number of rotatable bonds is 76. The van der Waals surface area contributed by atoms with Gasteiger partial charge in [0.05, 0.1) is 42.8 Å². The van der Waals surface area contributed by atoms with E-state index in [2.05, 4.69) is 63.3 Å². The van der Waals surface area contributed by atoms with Gasteiger partial charge in [-0.1, -0.05) is 248 Å². The molecule has 0 saturated heterocycles. The minimum absolute atomic E-state index is 0.0284. The summed E-state index contributed by atoms with van der Waals surface area (Å²) in [6, 6.07) is -0.970. The number of phosphoric ester groups is 1. The van der Waals surface area contributed by atoms with Crippen LogP contribution in [0, 0.1) is 11.8 Å². The van der Waals surface area contributed by atoms with Crippen LogP contribution in [0.1, 0.15) is 390 Å². The summed E-state index contributed by atoms with van der Waals surface area (Å²) < 4.78 is 33.8. The maximum atomic E-state index is 13.0. The average Bonchev–Trinajstić information content (AvgIpc) is 1.63. The predicted octanol–water partition coefficient (Wildman–Crippen LogP) is 14.4. The zero-order valence-electron chi connectivity index (χ0n) is 75.6. The standard InChI is InChI=1S/C46H89N2O10P.C25H47N5O5.C12H22N2O2.C6H11NO/c1-5-8-10-12-14-16-18-20-21-23-25-27-29-31-33-35-45(51)55-39-42(40-57-59(53,54)56-37-36-47-44(50)38-48-43(49)7-3)58-46(52)41(4)34-32-30-28-26-24-22-19-17-15-13-11-9-6-2;1-4-10-22(32)29-17-8-6-13-21(25(35)27-3)30-23(33)14-9-12-20(31)15-18-28-16-7-5-11-19(2)24(26)34;1-3-4-5-6-10(11(13)16)14-12(7-8-12)9(2)15;1-5(8)6(7-2)3-4-6/h41-42H,5-40H2,1-4H3,(H,47,50)(H,48,49)(H,53,54);19,21,28H,4-18H2,1-3H3,(H2,26,34)(H,27,35)(H,29,32)(H,30,33);10,14H,3-8H2,1-2H3,(H2,13,16);7H,3-4H2,1-2H3/t41?,42-;;10-;/m1.0./s1. The summed E-state index contributed by atoms with van der Waals surface area (Å²) >= 11 is 0. The lowest BCUT2D eigenvalue weighted by molar-refractivity contribution is -0.164. The van der Waals surface area contributed by atoms with Gasteiger partial charge in [0, 0.05) is 71.1 Å². The highest BCUT2D eigenvalue weighted by Crippen LogP contribution is 2.43. The summed E-state index contributed by atoms with van der Waals surface area (Å²) in [6.07, 6.45) is 49.5. The van der Waals surface area contributed by atoms with E-state index in [1.807, 2.05) is 20.9 Å². The summed E-state index contributed by atoms with van der Waals surface area (Å²) in [6.45, 7) is 17.5. The number of Topliss-reactive ketones (excluding diaryl/α,β-unsaturated/α-hetero) is 3. The van der Waals surface area contributed by atoms with E-state index in [4.69, 9.17) is 30.0 Å². The van der Waals surface area contributed by atoms with Crippen molar-refractivity contribution >= 4 is 78.5 Å². The third-order valence-corrected chi connectivity index (χ3v) is 22.7. The molecule has 13 N–H and O–H groups in total. The number of unbranched alkanes of at least 4 members (excludes halogenated alkanes) is 30. The van der Waals surface area contributed by atoms with E-state index >= 15 is 0 Å². The maximum absolute atomic E-state index is 13.0. The molecular formula is C89H169N10O18P. The number of esters is 2. The highest BCUT2D eigenvalue weighted by molar-refractivity contribution is 7.47. The number of carbonyl (C=O) groups is 12. The molecule has 688 valence electrons. The normalized spacial score (nSPS) is 14.5. The van der Waals surface area contributed by atoms with Gasteiger partial charge in [0.25, 0.3) is 0 Å². The van der Waals surface area contributed by atoms with Crippen molar-refractivity contribution in [1.82, 2.24) is 42.5 Å². The van der Waals surface area contributed by atoms with Gasteiger partial charge in [0.15, 0.2) is 6.10 Å². The zero-order chi connectivity index (χ0) is 88.5. The number of phosphoric acid groups is 1. The van der Waals surface area contributed by atoms with Gasteiger partial charge < -0.3 is 63.1 Å². The molecule has 0 spiro atoms. The summed E-state index contributed by atoms with van der Waals surface area (Å²) in [5, 5.41) is 22.4. The number of ketones is 3. The summed E-state index contributed by atoms with van der Waals surface area (Å²) in [5.41, 5.74) is 10.0. The first-order valence-corrected chi connectivity index (χ1v) is 47.6. The number of amides is 7. The third-order valence-electron chi connectivity index (χ3n) is 21.7. The molecular weight excluding hydrogens is 1530 g/mol. The molecule has 2 fully saturated rings. The zero-order valence-corrected chi connectivity index (χ0v) is 76.5. The molecule has 2 aliphatic carbocycles. The first-order chi connectivity index (χ1) is 56.5. The predicted molar refractivity (Wildman–Crippen MR) is 469 cm³/mol.